The minimum atomic E-state index is -0.982. The number of para-hydroxylation sites is 1. The van der Waals surface area contributed by atoms with E-state index in [1.54, 1.807) is 49.7 Å². The molecule has 0 aliphatic rings. The highest BCUT2D eigenvalue weighted by Crippen LogP contribution is 2.36. The van der Waals surface area contributed by atoms with Gasteiger partial charge >= 0.3 is 5.97 Å². The van der Waals surface area contributed by atoms with Crippen molar-refractivity contribution in [2.45, 2.75) is 40.2 Å². The molecule has 0 bridgehead atoms. The SMILES string of the molecule is CCOc1cc(C)c(-c2nc3ccccc3c(=O)n2N=Cc2cc(I)c(OCc3ccc(C(=O)O)cc3)c(OC)c2)cc1C(C)C. The van der Waals surface area contributed by atoms with Crippen LogP contribution in [-0.4, -0.2) is 40.7 Å². The molecule has 5 aromatic rings. The number of carboxylic acid groups (broad SMARTS) is 1. The molecule has 0 unspecified atom stereocenters. The fraction of sp³-hybridized carbons (Fsp3) is 0.222. The molecule has 46 heavy (non-hydrogen) atoms. The van der Waals surface area contributed by atoms with Crippen molar-refractivity contribution in [3.05, 3.63) is 115 Å². The number of carboxylic acids is 1. The molecule has 1 heterocycles. The molecule has 0 saturated carbocycles. The van der Waals surface area contributed by atoms with Gasteiger partial charge in [-0.15, -0.1) is 0 Å². The van der Waals surface area contributed by atoms with Crippen LogP contribution >= 0.6 is 22.6 Å². The first kappa shape index (κ1) is 32.7. The molecule has 10 heteroatoms. The number of aromatic carboxylic acids is 1. The van der Waals surface area contributed by atoms with E-state index in [2.05, 4.69) is 41.5 Å². The Kier molecular flexibility index (Phi) is 10.1. The molecule has 9 nitrogen and oxygen atoms in total. The van der Waals surface area contributed by atoms with Gasteiger partial charge in [0.2, 0.25) is 0 Å². The number of methoxy groups -OCH3 is 1. The molecule has 0 aliphatic heterocycles. The van der Waals surface area contributed by atoms with E-state index in [0.29, 0.717) is 40.4 Å². The molecule has 1 N–H and O–H groups in total. The van der Waals surface area contributed by atoms with Crippen LogP contribution in [0.4, 0.5) is 0 Å². The quantitative estimate of drug-likeness (QED) is 0.110. The molecule has 0 fully saturated rings. The Morgan fingerprint density at radius 2 is 1.78 bits per heavy atom. The lowest BCUT2D eigenvalue weighted by Gasteiger charge is -2.18. The van der Waals surface area contributed by atoms with Gasteiger partial charge in [0.15, 0.2) is 17.3 Å². The molecule has 0 spiro atoms. The van der Waals surface area contributed by atoms with Crippen molar-refractivity contribution in [1.82, 2.24) is 9.66 Å². The first-order chi connectivity index (χ1) is 22.1. The van der Waals surface area contributed by atoms with Gasteiger partial charge in [0.05, 0.1) is 40.0 Å². The number of nitrogens with zero attached hydrogens (tertiary/aromatic N) is 3. The molecule has 236 valence electrons. The van der Waals surface area contributed by atoms with E-state index in [0.717, 1.165) is 31.6 Å². The van der Waals surface area contributed by atoms with Crippen molar-refractivity contribution in [2.24, 2.45) is 5.10 Å². The number of aryl methyl sites for hydroxylation is 1. The predicted octanol–water partition coefficient (Wildman–Crippen LogP) is 7.67. The Labute approximate surface area is 280 Å². The number of rotatable bonds is 11. The lowest BCUT2D eigenvalue weighted by Crippen LogP contribution is -2.21. The van der Waals surface area contributed by atoms with Crippen molar-refractivity contribution >= 4 is 45.7 Å². The zero-order valence-corrected chi connectivity index (χ0v) is 28.4. The summed E-state index contributed by atoms with van der Waals surface area (Å²) in [7, 11) is 1.55. The summed E-state index contributed by atoms with van der Waals surface area (Å²) >= 11 is 2.17. The van der Waals surface area contributed by atoms with E-state index in [9.17, 15) is 9.59 Å². The van der Waals surface area contributed by atoms with E-state index in [4.69, 9.17) is 24.3 Å². The smallest absolute Gasteiger partial charge is 0.335 e. The van der Waals surface area contributed by atoms with Gasteiger partial charge in [0.25, 0.3) is 5.56 Å². The highest BCUT2D eigenvalue weighted by atomic mass is 127. The maximum absolute atomic E-state index is 13.9. The number of aromatic nitrogens is 2. The van der Waals surface area contributed by atoms with Crippen LogP contribution in [0.15, 0.2) is 82.7 Å². The van der Waals surface area contributed by atoms with E-state index < -0.39 is 5.97 Å². The van der Waals surface area contributed by atoms with Crippen LogP contribution in [0.1, 0.15) is 59.3 Å². The highest BCUT2D eigenvalue weighted by molar-refractivity contribution is 14.1. The minimum absolute atomic E-state index is 0.185. The molecular formula is C36H34IN3O6. The second-order valence-corrected chi connectivity index (χ2v) is 12.1. The Morgan fingerprint density at radius 1 is 1.04 bits per heavy atom. The van der Waals surface area contributed by atoms with Gasteiger partial charge in [-0.05, 0) is 113 Å². The third-order valence-electron chi connectivity index (χ3n) is 7.43. The third kappa shape index (κ3) is 6.91. The molecule has 0 atom stereocenters. The average Bonchev–Trinajstić information content (AvgIpc) is 3.04. The van der Waals surface area contributed by atoms with Gasteiger partial charge in [0, 0.05) is 5.56 Å². The van der Waals surface area contributed by atoms with Crippen LogP contribution in [0.25, 0.3) is 22.3 Å². The van der Waals surface area contributed by atoms with E-state index in [1.807, 2.05) is 50.2 Å². The highest BCUT2D eigenvalue weighted by Gasteiger charge is 2.19. The number of fused-ring (bicyclic) bond motifs is 1. The Balaban J connectivity index is 1.55. The average molecular weight is 732 g/mol. The Hall–Kier alpha value is -4.71. The fourth-order valence-corrected chi connectivity index (χ4v) is 5.83. The van der Waals surface area contributed by atoms with Crippen LogP contribution in [0.5, 0.6) is 17.2 Å². The van der Waals surface area contributed by atoms with E-state index >= 15 is 0 Å². The summed E-state index contributed by atoms with van der Waals surface area (Å²) in [4.78, 5) is 30.0. The Morgan fingerprint density at radius 3 is 2.46 bits per heavy atom. The summed E-state index contributed by atoms with van der Waals surface area (Å²) in [6.07, 6.45) is 1.60. The van der Waals surface area contributed by atoms with Gasteiger partial charge in [-0.3, -0.25) is 4.79 Å². The lowest BCUT2D eigenvalue weighted by molar-refractivity contribution is 0.0697. The number of carbonyl (C=O) groups is 1. The summed E-state index contributed by atoms with van der Waals surface area (Å²) in [5, 5.41) is 14.3. The number of hydrogen-bond donors (Lipinski definition) is 1. The van der Waals surface area contributed by atoms with Crippen molar-refractivity contribution in [1.29, 1.82) is 0 Å². The van der Waals surface area contributed by atoms with Crippen LogP contribution in [0, 0.1) is 10.5 Å². The van der Waals surface area contributed by atoms with Crippen LogP contribution in [0.2, 0.25) is 0 Å². The van der Waals surface area contributed by atoms with Gasteiger partial charge < -0.3 is 19.3 Å². The molecule has 0 radical (unpaired) electrons. The van der Waals surface area contributed by atoms with E-state index in [-0.39, 0.29) is 23.6 Å². The third-order valence-corrected chi connectivity index (χ3v) is 8.23. The van der Waals surface area contributed by atoms with Crippen LogP contribution in [0.3, 0.4) is 0 Å². The van der Waals surface area contributed by atoms with Crippen molar-refractivity contribution in [3.8, 4) is 28.6 Å². The van der Waals surface area contributed by atoms with Gasteiger partial charge in [-0.25, -0.2) is 9.78 Å². The molecule has 4 aromatic carbocycles. The zero-order chi connectivity index (χ0) is 33.0. The first-order valence-electron chi connectivity index (χ1n) is 14.8. The second-order valence-electron chi connectivity index (χ2n) is 10.9. The molecular weight excluding hydrogens is 697 g/mol. The summed E-state index contributed by atoms with van der Waals surface area (Å²) in [5.74, 6) is 1.48. The van der Waals surface area contributed by atoms with Gasteiger partial charge in [-0.2, -0.15) is 9.78 Å². The molecule has 5 rings (SSSR count). The topological polar surface area (TPSA) is 112 Å². The molecule has 0 amide bonds. The largest absolute Gasteiger partial charge is 0.494 e. The van der Waals surface area contributed by atoms with Crippen LogP contribution < -0.4 is 19.8 Å². The van der Waals surface area contributed by atoms with Crippen LogP contribution in [-0.2, 0) is 6.61 Å². The molecule has 0 aliphatic carbocycles. The minimum Gasteiger partial charge on any atom is -0.494 e. The molecule has 1 aromatic heterocycles. The van der Waals surface area contributed by atoms with Crippen molar-refractivity contribution in [3.63, 3.8) is 0 Å². The maximum atomic E-state index is 13.9. The fourth-order valence-electron chi connectivity index (χ4n) is 5.05. The summed E-state index contributed by atoms with van der Waals surface area (Å²) < 4.78 is 19.8. The standard InChI is InChI=1S/C36H34IN3O6/c1-6-45-31-15-22(4)28(18-27(31)21(2)3)34-39-30-10-8-7-9-26(30)35(41)40(34)38-19-24-16-29(37)33(32(17-24)44-5)46-20-23-11-13-25(14-12-23)36(42)43/h7-19,21H,6,20H2,1-5H3,(H,42,43). The number of halogens is 1. The monoisotopic (exact) mass is 731 g/mol. The summed E-state index contributed by atoms with van der Waals surface area (Å²) in [5.41, 5.74) is 4.74. The Bertz CT molecular complexity index is 2000. The summed E-state index contributed by atoms with van der Waals surface area (Å²) in [6, 6.07) is 21.5. The maximum Gasteiger partial charge on any atom is 0.335 e. The van der Waals surface area contributed by atoms with E-state index in [1.165, 1.54) is 4.68 Å². The summed E-state index contributed by atoms with van der Waals surface area (Å²) in [6.45, 7) is 8.92. The number of ether oxygens (including phenoxy) is 3. The normalized spacial score (nSPS) is 11.4. The number of hydrogen-bond acceptors (Lipinski definition) is 7. The number of benzene rings is 4. The predicted molar refractivity (Wildman–Crippen MR) is 188 cm³/mol. The van der Waals surface area contributed by atoms with Gasteiger partial charge in [-0.1, -0.05) is 38.1 Å². The second kappa shape index (κ2) is 14.2. The van der Waals surface area contributed by atoms with Crippen molar-refractivity contribution < 1.29 is 24.1 Å². The van der Waals surface area contributed by atoms with Gasteiger partial charge in [0.1, 0.15) is 12.4 Å². The van der Waals surface area contributed by atoms with Crippen molar-refractivity contribution in [2.75, 3.05) is 13.7 Å². The molecule has 0 saturated heterocycles. The lowest BCUT2D eigenvalue weighted by atomic mass is 9.96. The first-order valence-corrected chi connectivity index (χ1v) is 15.9. The zero-order valence-electron chi connectivity index (χ0n) is 26.2.